The quantitative estimate of drug-likeness (QED) is 0.696. The number of nitrogen functional groups attached to an aromatic ring is 1. The van der Waals surface area contributed by atoms with Crippen LogP contribution in [0, 0.1) is 5.82 Å². The highest BCUT2D eigenvalue weighted by Gasteiger charge is 2.22. The summed E-state index contributed by atoms with van der Waals surface area (Å²) in [6.45, 7) is 0.451. The van der Waals surface area contributed by atoms with Gasteiger partial charge in [-0.15, -0.1) is 0 Å². The molecule has 0 saturated carbocycles. The lowest BCUT2D eigenvalue weighted by molar-refractivity contribution is 0.142. The van der Waals surface area contributed by atoms with E-state index in [0.717, 1.165) is 5.56 Å². The van der Waals surface area contributed by atoms with Crippen LogP contribution in [-0.4, -0.2) is 27.6 Å². The van der Waals surface area contributed by atoms with Crippen molar-refractivity contribution >= 4 is 11.9 Å². The van der Waals surface area contributed by atoms with E-state index in [4.69, 9.17) is 10.8 Å². The number of fused-ring (bicyclic) bond motifs is 1. The standard InChI is InChI=1S/C10H12FN3O2/c11-8-7-5-14(10(15)16)3-1-2-6(7)4-13-9(8)12/h4H,1-3,5H2,(H2,12,13)(H,15,16). The number of carboxylic acid groups (broad SMARTS) is 1. The molecule has 86 valence electrons. The van der Waals surface area contributed by atoms with E-state index in [1.54, 1.807) is 0 Å². The topological polar surface area (TPSA) is 79.5 Å². The fourth-order valence-electron chi connectivity index (χ4n) is 1.86. The number of aromatic nitrogens is 1. The van der Waals surface area contributed by atoms with Crippen LogP contribution in [0.15, 0.2) is 6.20 Å². The van der Waals surface area contributed by atoms with Gasteiger partial charge >= 0.3 is 6.09 Å². The van der Waals surface area contributed by atoms with Crippen molar-refractivity contribution in [2.45, 2.75) is 19.4 Å². The number of anilines is 1. The fraction of sp³-hybridized carbons (Fsp3) is 0.400. The van der Waals surface area contributed by atoms with Gasteiger partial charge in [0, 0.05) is 18.3 Å². The predicted molar refractivity (Wildman–Crippen MR) is 55.4 cm³/mol. The molecule has 2 rings (SSSR count). The number of aryl methyl sites for hydroxylation is 1. The summed E-state index contributed by atoms with van der Waals surface area (Å²) in [6, 6.07) is 0. The maximum absolute atomic E-state index is 13.7. The molecule has 0 bridgehead atoms. The molecule has 0 saturated heterocycles. The summed E-state index contributed by atoms with van der Waals surface area (Å²) in [5.74, 6) is -0.767. The molecular formula is C10H12FN3O2. The minimum absolute atomic E-state index is 0.0449. The van der Waals surface area contributed by atoms with E-state index in [-0.39, 0.29) is 12.4 Å². The normalized spacial score (nSPS) is 15.4. The molecule has 0 aromatic carbocycles. The molecule has 3 N–H and O–H groups in total. The second-order valence-corrected chi connectivity index (χ2v) is 3.77. The van der Waals surface area contributed by atoms with Crippen LogP contribution < -0.4 is 5.73 Å². The Morgan fingerprint density at radius 3 is 3.06 bits per heavy atom. The zero-order valence-corrected chi connectivity index (χ0v) is 8.61. The van der Waals surface area contributed by atoms with Crippen LogP contribution in [0.1, 0.15) is 17.5 Å². The molecule has 0 fully saturated rings. The van der Waals surface area contributed by atoms with Crippen LogP contribution in [-0.2, 0) is 13.0 Å². The molecule has 5 nitrogen and oxygen atoms in total. The Balaban J connectivity index is 2.41. The molecule has 0 radical (unpaired) electrons. The highest BCUT2D eigenvalue weighted by molar-refractivity contribution is 5.65. The van der Waals surface area contributed by atoms with Crippen molar-refractivity contribution in [3.8, 4) is 0 Å². The molecular weight excluding hydrogens is 213 g/mol. The lowest BCUT2D eigenvalue weighted by atomic mass is 10.1. The van der Waals surface area contributed by atoms with Gasteiger partial charge in [-0.05, 0) is 18.4 Å². The first-order chi connectivity index (χ1) is 7.59. The van der Waals surface area contributed by atoms with Gasteiger partial charge in [-0.2, -0.15) is 0 Å². The Morgan fingerprint density at radius 1 is 1.62 bits per heavy atom. The van der Waals surface area contributed by atoms with E-state index in [2.05, 4.69) is 4.98 Å². The van der Waals surface area contributed by atoms with Crippen LogP contribution >= 0.6 is 0 Å². The maximum atomic E-state index is 13.7. The molecule has 6 heteroatoms. The largest absolute Gasteiger partial charge is 0.465 e. The predicted octanol–water partition coefficient (Wildman–Crippen LogP) is 1.23. The molecule has 0 spiro atoms. The zero-order chi connectivity index (χ0) is 11.7. The molecule has 1 aliphatic heterocycles. The molecule has 1 aromatic rings. The monoisotopic (exact) mass is 225 g/mol. The molecule has 0 unspecified atom stereocenters. The van der Waals surface area contributed by atoms with E-state index < -0.39 is 11.9 Å². The Kier molecular flexibility index (Phi) is 2.64. The Labute approximate surface area is 91.7 Å². The molecule has 1 amide bonds. The summed E-state index contributed by atoms with van der Waals surface area (Å²) < 4.78 is 13.7. The third-order valence-electron chi connectivity index (χ3n) is 2.73. The number of pyridine rings is 1. The number of nitrogens with zero attached hydrogens (tertiary/aromatic N) is 2. The number of hydrogen-bond donors (Lipinski definition) is 2. The summed E-state index contributed by atoms with van der Waals surface area (Å²) in [5, 5.41) is 8.91. The van der Waals surface area contributed by atoms with Crippen molar-refractivity contribution in [3.05, 3.63) is 23.1 Å². The average Bonchev–Trinajstić information content (AvgIpc) is 2.46. The summed E-state index contributed by atoms with van der Waals surface area (Å²) in [4.78, 5) is 15.8. The summed E-state index contributed by atoms with van der Waals surface area (Å²) in [5.41, 5.74) is 6.46. The van der Waals surface area contributed by atoms with Gasteiger partial charge in [0.1, 0.15) is 0 Å². The van der Waals surface area contributed by atoms with Gasteiger partial charge in [0.2, 0.25) is 0 Å². The van der Waals surface area contributed by atoms with Gasteiger partial charge in [0.25, 0.3) is 0 Å². The van der Waals surface area contributed by atoms with E-state index in [1.807, 2.05) is 0 Å². The van der Waals surface area contributed by atoms with Crippen molar-refractivity contribution in [2.75, 3.05) is 12.3 Å². The first kappa shape index (κ1) is 10.7. The second-order valence-electron chi connectivity index (χ2n) is 3.77. The highest BCUT2D eigenvalue weighted by atomic mass is 19.1. The van der Waals surface area contributed by atoms with Gasteiger partial charge < -0.3 is 15.7 Å². The van der Waals surface area contributed by atoms with Crippen LogP contribution in [0.25, 0.3) is 0 Å². The van der Waals surface area contributed by atoms with Gasteiger partial charge in [0.15, 0.2) is 11.6 Å². The molecule has 0 atom stereocenters. The third kappa shape index (κ3) is 1.78. The SMILES string of the molecule is Nc1ncc2c(c1F)CN(C(=O)O)CCC2. The number of amides is 1. The Morgan fingerprint density at radius 2 is 2.38 bits per heavy atom. The molecule has 2 heterocycles. The van der Waals surface area contributed by atoms with Crippen LogP contribution in [0.3, 0.4) is 0 Å². The first-order valence-electron chi connectivity index (χ1n) is 4.99. The second kappa shape index (κ2) is 3.96. The lowest BCUT2D eigenvalue weighted by Crippen LogP contribution is -2.29. The van der Waals surface area contributed by atoms with Gasteiger partial charge in [-0.1, -0.05) is 0 Å². The molecule has 0 aliphatic carbocycles. The minimum Gasteiger partial charge on any atom is -0.465 e. The summed E-state index contributed by atoms with van der Waals surface area (Å²) in [6.07, 6.45) is 1.79. The van der Waals surface area contributed by atoms with E-state index in [9.17, 15) is 9.18 Å². The van der Waals surface area contributed by atoms with Crippen molar-refractivity contribution in [1.29, 1.82) is 0 Å². The Bertz CT molecular complexity index is 436. The zero-order valence-electron chi connectivity index (χ0n) is 8.61. The van der Waals surface area contributed by atoms with Crippen molar-refractivity contribution in [3.63, 3.8) is 0 Å². The van der Waals surface area contributed by atoms with Crippen LogP contribution in [0.5, 0.6) is 0 Å². The number of halogens is 1. The van der Waals surface area contributed by atoms with E-state index >= 15 is 0 Å². The summed E-state index contributed by atoms with van der Waals surface area (Å²) in [7, 11) is 0. The third-order valence-corrected chi connectivity index (χ3v) is 2.73. The number of carbonyl (C=O) groups is 1. The van der Waals surface area contributed by atoms with Crippen LogP contribution in [0.2, 0.25) is 0 Å². The fourth-order valence-corrected chi connectivity index (χ4v) is 1.86. The molecule has 16 heavy (non-hydrogen) atoms. The van der Waals surface area contributed by atoms with Crippen molar-refractivity contribution in [2.24, 2.45) is 0 Å². The number of nitrogens with two attached hydrogens (primary N) is 1. The first-order valence-corrected chi connectivity index (χ1v) is 4.99. The maximum Gasteiger partial charge on any atom is 0.407 e. The average molecular weight is 225 g/mol. The van der Waals surface area contributed by atoms with Crippen molar-refractivity contribution in [1.82, 2.24) is 9.88 Å². The number of rotatable bonds is 0. The van der Waals surface area contributed by atoms with E-state index in [1.165, 1.54) is 11.1 Å². The Hall–Kier alpha value is -1.85. The van der Waals surface area contributed by atoms with Gasteiger partial charge in [-0.25, -0.2) is 14.2 Å². The highest BCUT2D eigenvalue weighted by Crippen LogP contribution is 2.23. The van der Waals surface area contributed by atoms with Crippen molar-refractivity contribution < 1.29 is 14.3 Å². The minimum atomic E-state index is -1.04. The van der Waals surface area contributed by atoms with Gasteiger partial charge in [-0.3, -0.25) is 0 Å². The van der Waals surface area contributed by atoms with Crippen LogP contribution in [0.4, 0.5) is 15.0 Å². The van der Waals surface area contributed by atoms with Gasteiger partial charge in [0.05, 0.1) is 6.54 Å². The smallest absolute Gasteiger partial charge is 0.407 e. The molecule has 1 aromatic heterocycles. The number of hydrogen-bond acceptors (Lipinski definition) is 3. The molecule has 1 aliphatic rings. The van der Waals surface area contributed by atoms with E-state index in [0.29, 0.717) is 24.9 Å². The lowest BCUT2D eigenvalue weighted by Gasteiger charge is -2.17. The summed E-state index contributed by atoms with van der Waals surface area (Å²) >= 11 is 0.